The maximum absolute atomic E-state index is 13.7. The number of rotatable bonds is 7. The van der Waals surface area contributed by atoms with Crippen LogP contribution in [0.2, 0.25) is 0 Å². The van der Waals surface area contributed by atoms with Crippen LogP contribution in [-0.2, 0) is 4.74 Å². The molecule has 2 aromatic heterocycles. The minimum Gasteiger partial charge on any atom is -0.481 e. The quantitative estimate of drug-likeness (QED) is 0.545. The van der Waals surface area contributed by atoms with E-state index in [1.165, 1.54) is 43.8 Å². The fourth-order valence-electron chi connectivity index (χ4n) is 3.20. The van der Waals surface area contributed by atoms with Crippen molar-refractivity contribution in [1.29, 1.82) is 0 Å². The van der Waals surface area contributed by atoms with Crippen molar-refractivity contribution < 1.29 is 23.4 Å². The van der Waals surface area contributed by atoms with Crippen LogP contribution in [0.1, 0.15) is 10.5 Å². The first-order valence-electron chi connectivity index (χ1n) is 9.72. The highest BCUT2D eigenvalue weighted by molar-refractivity contribution is 7.22. The Kier molecular flexibility index (Phi) is 6.54. The van der Waals surface area contributed by atoms with Crippen molar-refractivity contribution in [2.24, 2.45) is 0 Å². The third-order valence-corrected chi connectivity index (χ3v) is 5.89. The van der Waals surface area contributed by atoms with Crippen LogP contribution in [-0.4, -0.2) is 79.4 Å². The average Bonchev–Trinajstić information content (AvgIpc) is 3.22. The third kappa shape index (κ3) is 4.89. The van der Waals surface area contributed by atoms with Crippen molar-refractivity contribution in [2.45, 2.75) is 0 Å². The molecule has 31 heavy (non-hydrogen) atoms. The van der Waals surface area contributed by atoms with Crippen LogP contribution < -0.4 is 14.4 Å². The number of ether oxygens (including phenoxy) is 3. The molecule has 4 rings (SSSR count). The number of nitrogens with zero attached hydrogens (tertiary/aromatic N) is 5. The molecule has 3 aromatic rings. The Hall–Kier alpha value is -2.89. The summed E-state index contributed by atoms with van der Waals surface area (Å²) in [6, 6.07) is 5.86. The SMILES string of the molecule is COc1cc(C(=O)N(CCN2CCOCC2)c2nc3ccc(F)cc3s2)nc(OC)n1. The molecular weight excluding hydrogens is 425 g/mol. The Morgan fingerprint density at radius 3 is 2.74 bits per heavy atom. The average molecular weight is 447 g/mol. The number of fused-ring (bicyclic) bond motifs is 1. The van der Waals surface area contributed by atoms with E-state index in [9.17, 15) is 9.18 Å². The first-order valence-corrected chi connectivity index (χ1v) is 10.5. The molecule has 9 nitrogen and oxygen atoms in total. The van der Waals surface area contributed by atoms with Crippen molar-refractivity contribution in [2.75, 3.05) is 58.5 Å². The van der Waals surface area contributed by atoms with E-state index in [0.717, 1.165) is 13.1 Å². The van der Waals surface area contributed by atoms with Crippen molar-refractivity contribution in [1.82, 2.24) is 19.9 Å². The van der Waals surface area contributed by atoms with Gasteiger partial charge in [-0.25, -0.2) is 9.37 Å². The van der Waals surface area contributed by atoms with Crippen molar-refractivity contribution >= 4 is 32.6 Å². The lowest BCUT2D eigenvalue weighted by atomic mass is 10.3. The second-order valence-corrected chi connectivity index (χ2v) is 7.81. The second kappa shape index (κ2) is 9.50. The van der Waals surface area contributed by atoms with Gasteiger partial charge >= 0.3 is 6.01 Å². The van der Waals surface area contributed by atoms with Gasteiger partial charge in [-0.05, 0) is 18.2 Å². The van der Waals surface area contributed by atoms with Gasteiger partial charge in [-0.15, -0.1) is 0 Å². The van der Waals surface area contributed by atoms with E-state index in [1.807, 2.05) is 0 Å². The predicted octanol–water partition coefficient (Wildman–Crippen LogP) is 2.22. The van der Waals surface area contributed by atoms with Crippen LogP contribution in [0.15, 0.2) is 24.3 Å². The van der Waals surface area contributed by atoms with Gasteiger partial charge in [0.2, 0.25) is 5.88 Å². The standard InChI is InChI=1S/C20H22FN5O4S/c1-28-17-12-15(22-19(24-17)29-2)18(27)26(6-5-25-7-9-30-10-8-25)20-23-14-4-3-13(21)11-16(14)31-20/h3-4,11-12H,5-10H2,1-2H3. The summed E-state index contributed by atoms with van der Waals surface area (Å²) in [4.78, 5) is 30.0. The Morgan fingerprint density at radius 1 is 1.19 bits per heavy atom. The molecule has 0 atom stereocenters. The lowest BCUT2D eigenvalue weighted by molar-refractivity contribution is 0.0391. The van der Waals surface area contributed by atoms with Crippen LogP contribution >= 0.6 is 11.3 Å². The normalized spacial score (nSPS) is 14.5. The van der Waals surface area contributed by atoms with Crippen LogP contribution in [0.3, 0.4) is 0 Å². The highest BCUT2D eigenvalue weighted by Gasteiger charge is 2.25. The zero-order chi connectivity index (χ0) is 21.8. The predicted molar refractivity (Wildman–Crippen MR) is 114 cm³/mol. The molecule has 1 saturated heterocycles. The highest BCUT2D eigenvalue weighted by atomic mass is 32.1. The van der Waals surface area contributed by atoms with Crippen molar-refractivity contribution in [3.63, 3.8) is 0 Å². The van der Waals surface area contributed by atoms with Gasteiger partial charge in [0.15, 0.2) is 5.13 Å². The van der Waals surface area contributed by atoms with E-state index >= 15 is 0 Å². The summed E-state index contributed by atoms with van der Waals surface area (Å²) in [7, 11) is 2.87. The molecule has 11 heteroatoms. The first-order chi connectivity index (χ1) is 15.1. The molecule has 0 aliphatic carbocycles. The molecular formula is C20H22FN5O4S. The zero-order valence-corrected chi connectivity index (χ0v) is 18.0. The molecule has 1 aliphatic heterocycles. The molecule has 1 amide bonds. The highest BCUT2D eigenvalue weighted by Crippen LogP contribution is 2.30. The maximum atomic E-state index is 13.7. The molecule has 0 bridgehead atoms. The minimum atomic E-state index is -0.369. The lowest BCUT2D eigenvalue weighted by Crippen LogP contribution is -2.43. The van der Waals surface area contributed by atoms with Gasteiger partial charge in [-0.3, -0.25) is 14.6 Å². The van der Waals surface area contributed by atoms with Gasteiger partial charge < -0.3 is 14.2 Å². The Balaban J connectivity index is 1.67. The van der Waals surface area contributed by atoms with E-state index in [0.29, 0.717) is 41.7 Å². The van der Waals surface area contributed by atoms with Crippen molar-refractivity contribution in [3.8, 4) is 11.9 Å². The van der Waals surface area contributed by atoms with Gasteiger partial charge in [0, 0.05) is 32.2 Å². The topological polar surface area (TPSA) is 89.9 Å². The number of thiazole rings is 1. The molecule has 0 radical (unpaired) electrons. The second-order valence-electron chi connectivity index (χ2n) is 6.80. The van der Waals surface area contributed by atoms with Crippen LogP contribution in [0, 0.1) is 5.82 Å². The molecule has 3 heterocycles. The molecule has 0 spiro atoms. The van der Waals surface area contributed by atoms with E-state index in [1.54, 1.807) is 11.0 Å². The Bertz CT molecular complexity index is 1050. The summed E-state index contributed by atoms with van der Waals surface area (Å²) < 4.78 is 30.0. The van der Waals surface area contributed by atoms with E-state index in [-0.39, 0.29) is 29.3 Å². The number of carbonyl (C=O) groups excluding carboxylic acids is 1. The number of aromatic nitrogens is 3. The number of halogens is 1. The van der Waals surface area contributed by atoms with Gasteiger partial charge in [-0.1, -0.05) is 11.3 Å². The van der Waals surface area contributed by atoms with Crippen molar-refractivity contribution in [3.05, 3.63) is 35.8 Å². The summed E-state index contributed by atoms with van der Waals surface area (Å²) in [6.07, 6.45) is 0. The summed E-state index contributed by atoms with van der Waals surface area (Å²) in [5.74, 6) is -0.499. The fourth-order valence-corrected chi connectivity index (χ4v) is 4.21. The fraction of sp³-hybridized carbons (Fsp3) is 0.400. The van der Waals surface area contributed by atoms with Gasteiger partial charge in [0.05, 0.1) is 37.6 Å². The Labute approximate surface area is 182 Å². The number of carbonyl (C=O) groups is 1. The monoisotopic (exact) mass is 447 g/mol. The molecule has 0 unspecified atom stereocenters. The number of amides is 1. The first kappa shape index (κ1) is 21.3. The Morgan fingerprint density at radius 2 is 2.00 bits per heavy atom. The maximum Gasteiger partial charge on any atom is 0.320 e. The van der Waals surface area contributed by atoms with Crippen LogP contribution in [0.4, 0.5) is 9.52 Å². The number of hydrogen-bond acceptors (Lipinski definition) is 9. The molecule has 0 N–H and O–H groups in total. The largest absolute Gasteiger partial charge is 0.481 e. The van der Waals surface area contributed by atoms with Gasteiger partial charge in [-0.2, -0.15) is 9.97 Å². The molecule has 0 saturated carbocycles. The number of hydrogen-bond donors (Lipinski definition) is 0. The molecule has 1 aliphatic rings. The number of anilines is 1. The summed E-state index contributed by atoms with van der Waals surface area (Å²) in [5.41, 5.74) is 0.750. The summed E-state index contributed by atoms with van der Waals surface area (Å²) in [5, 5.41) is 0.468. The van der Waals surface area contributed by atoms with Gasteiger partial charge in [0.25, 0.3) is 5.91 Å². The van der Waals surface area contributed by atoms with E-state index < -0.39 is 0 Å². The molecule has 164 valence electrons. The van der Waals surface area contributed by atoms with Gasteiger partial charge in [0.1, 0.15) is 11.5 Å². The molecule has 1 aromatic carbocycles. The van der Waals surface area contributed by atoms with E-state index in [2.05, 4.69) is 19.9 Å². The number of morpholine rings is 1. The zero-order valence-electron chi connectivity index (χ0n) is 17.2. The van der Waals surface area contributed by atoms with Crippen LogP contribution in [0.5, 0.6) is 11.9 Å². The van der Waals surface area contributed by atoms with E-state index in [4.69, 9.17) is 14.2 Å². The number of methoxy groups -OCH3 is 2. The minimum absolute atomic E-state index is 0.0298. The smallest absolute Gasteiger partial charge is 0.320 e. The lowest BCUT2D eigenvalue weighted by Gasteiger charge is -2.29. The number of benzene rings is 1. The third-order valence-electron chi connectivity index (χ3n) is 4.85. The molecule has 1 fully saturated rings. The summed E-state index contributed by atoms with van der Waals surface area (Å²) >= 11 is 1.25. The summed E-state index contributed by atoms with van der Waals surface area (Å²) in [6.45, 7) is 3.93. The van der Waals surface area contributed by atoms with Crippen LogP contribution in [0.25, 0.3) is 10.2 Å².